The summed E-state index contributed by atoms with van der Waals surface area (Å²) in [7, 11) is 0. The zero-order valence-electron chi connectivity index (χ0n) is 21.6. The van der Waals surface area contributed by atoms with Crippen molar-refractivity contribution in [1.29, 1.82) is 0 Å². The molecule has 0 radical (unpaired) electrons. The smallest absolute Gasteiger partial charge is 0.870 e. The molecule has 7 nitrogen and oxygen atoms in total. The van der Waals surface area contributed by atoms with Gasteiger partial charge in [0.2, 0.25) is 11.2 Å². The van der Waals surface area contributed by atoms with Crippen LogP contribution in [0.1, 0.15) is 0 Å². The molecule has 0 N–H and O–H groups in total. The average Bonchev–Trinajstić information content (AvgIpc) is 2.94. The standard InChI is InChI=1S/C16H7BrF4N2O2.C6H4F2O.C4HBrCl2N2.Na/c17-10-7-22-16(25-14-4-2-9(19)6-12(14)21)23-15(10)24-13-3-1-8(18)5-11(13)20;7-4-1-2-6(9)5(8)3-4;5-2-1-8-4(7)9-3(2)6;/h1-7H;1-3,9H;1H;/q;;;+1/p-1. The first-order valence-electron chi connectivity index (χ1n) is 11.1. The van der Waals surface area contributed by atoms with E-state index in [0.29, 0.717) is 27.8 Å². The molecule has 0 amide bonds. The maximum atomic E-state index is 13.7. The van der Waals surface area contributed by atoms with Crippen LogP contribution in [-0.4, -0.2) is 19.9 Å². The third-order valence-corrected chi connectivity index (χ3v) is 6.27. The summed E-state index contributed by atoms with van der Waals surface area (Å²) in [5.74, 6) is -6.69. The van der Waals surface area contributed by atoms with Crippen LogP contribution >= 0.6 is 55.1 Å². The molecule has 44 heavy (non-hydrogen) atoms. The number of aromatic nitrogens is 4. The third-order valence-electron chi connectivity index (χ3n) is 4.45. The molecule has 0 bridgehead atoms. The fourth-order valence-corrected chi connectivity index (χ4v) is 3.35. The van der Waals surface area contributed by atoms with Crippen molar-refractivity contribution in [3.8, 4) is 29.1 Å². The largest absolute Gasteiger partial charge is 1.00 e. The van der Waals surface area contributed by atoms with E-state index in [1.54, 1.807) is 0 Å². The molecule has 3 aromatic carbocycles. The first kappa shape index (κ1) is 37.5. The van der Waals surface area contributed by atoms with Crippen LogP contribution in [-0.2, 0) is 0 Å². The molecule has 224 valence electrons. The summed E-state index contributed by atoms with van der Waals surface area (Å²) >= 11 is 17.1. The number of ether oxygens (including phenoxy) is 2. The summed E-state index contributed by atoms with van der Waals surface area (Å²) in [6, 6.07) is 7.47. The molecule has 0 saturated carbocycles. The molecule has 0 atom stereocenters. The quantitative estimate of drug-likeness (QED) is 0.0959. The van der Waals surface area contributed by atoms with Gasteiger partial charge in [0, 0.05) is 24.4 Å². The second-order valence-corrected chi connectivity index (χ2v) is 9.92. The summed E-state index contributed by atoms with van der Waals surface area (Å²) in [6.45, 7) is 0. The van der Waals surface area contributed by atoms with Crippen molar-refractivity contribution in [1.82, 2.24) is 19.9 Å². The van der Waals surface area contributed by atoms with Crippen molar-refractivity contribution in [2.45, 2.75) is 0 Å². The zero-order valence-corrected chi connectivity index (χ0v) is 28.3. The predicted molar refractivity (Wildman–Crippen MR) is 148 cm³/mol. The average molecular weight is 795 g/mol. The third kappa shape index (κ3) is 11.7. The first-order chi connectivity index (χ1) is 20.3. The second kappa shape index (κ2) is 17.7. The van der Waals surface area contributed by atoms with Crippen LogP contribution in [0.3, 0.4) is 0 Å². The van der Waals surface area contributed by atoms with Crippen LogP contribution in [0.15, 0.2) is 75.9 Å². The molecule has 0 unspecified atom stereocenters. The predicted octanol–water partition coefficient (Wildman–Crippen LogP) is 5.97. The van der Waals surface area contributed by atoms with Gasteiger partial charge in [-0.15, -0.1) is 0 Å². The summed E-state index contributed by atoms with van der Waals surface area (Å²) in [5, 5.41) is 10.7. The summed E-state index contributed by atoms with van der Waals surface area (Å²) in [5.41, 5.74) is 0. The number of rotatable bonds is 4. The van der Waals surface area contributed by atoms with Crippen LogP contribution in [0.25, 0.3) is 0 Å². The van der Waals surface area contributed by atoms with Crippen LogP contribution in [0, 0.1) is 34.9 Å². The van der Waals surface area contributed by atoms with Crippen molar-refractivity contribution in [2.24, 2.45) is 0 Å². The van der Waals surface area contributed by atoms with Crippen LogP contribution in [0.2, 0.25) is 10.4 Å². The SMILES string of the molecule is Clc1ncc(Br)c(Cl)n1.Fc1ccc(Oc2ncc(Br)c(Oc3ccc(F)cc3F)n2)c(F)c1.[Na+].[O-]c1ccc(F)cc1F. The van der Waals surface area contributed by atoms with E-state index in [1.165, 1.54) is 12.4 Å². The topological polar surface area (TPSA) is 93.1 Å². The Kier molecular flexibility index (Phi) is 15.1. The van der Waals surface area contributed by atoms with Gasteiger partial charge in [0.25, 0.3) is 0 Å². The van der Waals surface area contributed by atoms with Crippen molar-refractivity contribution in [2.75, 3.05) is 0 Å². The molecular formula is C26H11Br2Cl2F6N4NaO3. The maximum absolute atomic E-state index is 13.7. The number of hydrogen-bond donors (Lipinski definition) is 0. The Bertz CT molecular complexity index is 1700. The van der Waals surface area contributed by atoms with Gasteiger partial charge in [0.15, 0.2) is 23.1 Å². The molecule has 0 fully saturated rings. The van der Waals surface area contributed by atoms with Crippen molar-refractivity contribution in [3.63, 3.8) is 0 Å². The molecule has 0 aliphatic rings. The van der Waals surface area contributed by atoms with Crippen molar-refractivity contribution < 1.29 is 70.5 Å². The first-order valence-corrected chi connectivity index (χ1v) is 13.4. The number of benzene rings is 3. The van der Waals surface area contributed by atoms with Crippen LogP contribution in [0.4, 0.5) is 26.3 Å². The van der Waals surface area contributed by atoms with Gasteiger partial charge in [0.05, 0.1) is 15.1 Å². The summed E-state index contributed by atoms with van der Waals surface area (Å²) in [4.78, 5) is 15.0. The molecule has 2 aromatic heterocycles. The van der Waals surface area contributed by atoms with E-state index < -0.39 is 40.7 Å². The zero-order chi connectivity index (χ0) is 31.7. The van der Waals surface area contributed by atoms with Gasteiger partial charge in [-0.05, 0) is 73.8 Å². The molecule has 0 saturated heterocycles. The molecule has 18 heteroatoms. The molecule has 0 aliphatic heterocycles. The Morgan fingerprint density at radius 2 is 1.14 bits per heavy atom. The summed E-state index contributed by atoms with van der Waals surface area (Å²) < 4.78 is 88.4. The van der Waals surface area contributed by atoms with E-state index in [4.69, 9.17) is 32.7 Å². The Morgan fingerprint density at radius 3 is 1.61 bits per heavy atom. The number of hydrogen-bond acceptors (Lipinski definition) is 7. The maximum Gasteiger partial charge on any atom is 1.00 e. The minimum Gasteiger partial charge on any atom is -0.870 e. The Morgan fingerprint density at radius 1 is 0.636 bits per heavy atom. The van der Waals surface area contributed by atoms with Gasteiger partial charge in [-0.1, -0.05) is 23.4 Å². The molecule has 0 spiro atoms. The van der Waals surface area contributed by atoms with E-state index in [2.05, 4.69) is 51.8 Å². The second-order valence-electron chi connectivity index (χ2n) is 7.51. The fraction of sp³-hybridized carbons (Fsp3) is 0. The van der Waals surface area contributed by atoms with E-state index in [9.17, 15) is 31.4 Å². The Hall–Kier alpha value is -2.66. The van der Waals surface area contributed by atoms with Crippen molar-refractivity contribution >= 4 is 55.1 Å². The minimum atomic E-state index is -1.05. The van der Waals surface area contributed by atoms with Gasteiger partial charge < -0.3 is 14.6 Å². The van der Waals surface area contributed by atoms with Crippen LogP contribution < -0.4 is 44.1 Å². The van der Waals surface area contributed by atoms with Gasteiger partial charge >= 0.3 is 35.6 Å². The molecule has 0 aliphatic carbocycles. The monoisotopic (exact) mass is 792 g/mol. The van der Waals surface area contributed by atoms with E-state index in [1.807, 2.05) is 0 Å². The van der Waals surface area contributed by atoms with E-state index in [-0.39, 0.29) is 62.7 Å². The molecule has 5 aromatic rings. The number of halogens is 10. The number of nitrogens with zero attached hydrogens (tertiary/aromatic N) is 4. The van der Waals surface area contributed by atoms with Gasteiger partial charge in [-0.25, -0.2) is 41.3 Å². The van der Waals surface area contributed by atoms with Gasteiger partial charge in [0.1, 0.15) is 28.4 Å². The molecule has 5 rings (SSSR count). The van der Waals surface area contributed by atoms with Crippen LogP contribution in [0.5, 0.6) is 29.1 Å². The van der Waals surface area contributed by atoms with E-state index in [0.717, 1.165) is 36.4 Å². The Balaban J connectivity index is 0.000000290. The minimum absolute atomic E-state index is 0. The van der Waals surface area contributed by atoms with E-state index >= 15 is 0 Å². The van der Waals surface area contributed by atoms with Crippen molar-refractivity contribution in [3.05, 3.63) is 121 Å². The summed E-state index contributed by atoms with van der Waals surface area (Å²) in [6.07, 6.45) is 2.73. The Labute approximate surface area is 293 Å². The fourth-order valence-electron chi connectivity index (χ4n) is 2.58. The van der Waals surface area contributed by atoms with Gasteiger partial charge in [-0.2, -0.15) is 4.98 Å². The molecule has 2 heterocycles. The van der Waals surface area contributed by atoms with Gasteiger partial charge in [-0.3, -0.25) is 0 Å². The normalized spacial score (nSPS) is 9.95. The molecular weight excluding hydrogens is 784 g/mol.